The summed E-state index contributed by atoms with van der Waals surface area (Å²) >= 11 is 0. The van der Waals surface area contributed by atoms with E-state index in [1.54, 1.807) is 36.4 Å². The summed E-state index contributed by atoms with van der Waals surface area (Å²) in [6.45, 7) is 3.23. The zero-order valence-corrected chi connectivity index (χ0v) is 13.4. The molecule has 24 heavy (non-hydrogen) atoms. The van der Waals surface area contributed by atoms with Gasteiger partial charge in [-0.25, -0.2) is 0 Å². The monoisotopic (exact) mass is 320 g/mol. The van der Waals surface area contributed by atoms with Gasteiger partial charge in [-0.15, -0.1) is 0 Å². The normalized spacial score (nSPS) is 24.8. The fourth-order valence-corrected chi connectivity index (χ4v) is 3.73. The largest absolute Gasteiger partial charge is 0.348 e. The Kier molecular flexibility index (Phi) is 3.90. The predicted octanol–water partition coefficient (Wildman–Crippen LogP) is 2.35. The van der Waals surface area contributed by atoms with E-state index in [0.29, 0.717) is 22.6 Å². The Morgan fingerprint density at radius 2 is 1.54 bits per heavy atom. The van der Waals surface area contributed by atoms with Crippen molar-refractivity contribution in [1.82, 2.24) is 10.2 Å². The number of carbonyl (C=O) groups is 2. The van der Waals surface area contributed by atoms with Gasteiger partial charge in [0.1, 0.15) is 0 Å². The smallest absolute Gasteiger partial charge is 0.251 e. The molecule has 0 saturated carbocycles. The van der Waals surface area contributed by atoms with E-state index in [-0.39, 0.29) is 17.7 Å². The van der Waals surface area contributed by atoms with Gasteiger partial charge in [0.15, 0.2) is 5.78 Å². The van der Waals surface area contributed by atoms with Crippen molar-refractivity contribution in [2.24, 2.45) is 5.92 Å². The van der Waals surface area contributed by atoms with Gasteiger partial charge in [-0.2, -0.15) is 0 Å². The number of piperidine rings is 1. The first-order valence-corrected chi connectivity index (χ1v) is 8.44. The Morgan fingerprint density at radius 3 is 2.17 bits per heavy atom. The van der Waals surface area contributed by atoms with Crippen LogP contribution in [0.5, 0.6) is 0 Å². The van der Waals surface area contributed by atoms with Gasteiger partial charge in [-0.05, 0) is 31.0 Å². The van der Waals surface area contributed by atoms with Crippen LogP contribution in [0.15, 0.2) is 54.6 Å². The maximum Gasteiger partial charge on any atom is 0.251 e. The number of amides is 1. The van der Waals surface area contributed by atoms with Crippen LogP contribution >= 0.6 is 0 Å². The van der Waals surface area contributed by atoms with Crippen molar-refractivity contribution < 1.29 is 9.59 Å². The van der Waals surface area contributed by atoms with Crippen LogP contribution in [0.1, 0.15) is 32.7 Å². The molecule has 0 aliphatic carbocycles. The number of benzene rings is 2. The third-order valence-electron chi connectivity index (χ3n) is 5.09. The number of ketones is 1. The first-order valence-electron chi connectivity index (χ1n) is 8.44. The average molecular weight is 320 g/mol. The first-order chi connectivity index (χ1) is 11.7. The molecule has 3 atom stereocenters. The number of nitrogens with one attached hydrogen (secondary N) is 1. The molecule has 0 spiro atoms. The molecule has 2 heterocycles. The number of fused-ring (bicyclic) bond motifs is 2. The number of hydrogen-bond acceptors (Lipinski definition) is 3. The zero-order chi connectivity index (χ0) is 16.5. The summed E-state index contributed by atoms with van der Waals surface area (Å²) in [4.78, 5) is 27.2. The minimum Gasteiger partial charge on any atom is -0.348 e. The molecule has 0 aromatic heterocycles. The molecule has 0 radical (unpaired) electrons. The maximum atomic E-state index is 12.4. The van der Waals surface area contributed by atoms with Crippen molar-refractivity contribution in [2.45, 2.75) is 12.5 Å². The van der Waals surface area contributed by atoms with Gasteiger partial charge < -0.3 is 10.2 Å². The maximum absolute atomic E-state index is 12.4. The third kappa shape index (κ3) is 2.85. The van der Waals surface area contributed by atoms with Crippen molar-refractivity contribution in [1.29, 1.82) is 0 Å². The Hall–Kier alpha value is -2.46. The van der Waals surface area contributed by atoms with E-state index in [9.17, 15) is 9.59 Å². The van der Waals surface area contributed by atoms with Gasteiger partial charge >= 0.3 is 0 Å². The van der Waals surface area contributed by atoms with Crippen LogP contribution in [0.2, 0.25) is 0 Å². The van der Waals surface area contributed by atoms with Crippen LogP contribution in [0, 0.1) is 5.92 Å². The van der Waals surface area contributed by atoms with Crippen LogP contribution in [0.4, 0.5) is 0 Å². The average Bonchev–Trinajstić information content (AvgIpc) is 3.25. The van der Waals surface area contributed by atoms with Crippen molar-refractivity contribution in [3.8, 4) is 0 Å². The second kappa shape index (κ2) is 6.21. The zero-order valence-electron chi connectivity index (χ0n) is 13.4. The molecule has 1 amide bonds. The number of nitrogens with zero attached hydrogens (tertiary/aromatic N) is 1. The molecule has 4 rings (SSSR count). The van der Waals surface area contributed by atoms with E-state index in [4.69, 9.17) is 0 Å². The van der Waals surface area contributed by atoms with Crippen LogP contribution in [0.25, 0.3) is 0 Å². The number of hydrogen-bond donors (Lipinski definition) is 1. The quantitative estimate of drug-likeness (QED) is 0.880. The Bertz CT molecular complexity index is 755. The minimum absolute atomic E-state index is 0.0246. The molecule has 2 aromatic rings. The molecule has 2 saturated heterocycles. The van der Waals surface area contributed by atoms with Crippen LogP contribution in [-0.4, -0.2) is 42.3 Å². The summed E-state index contributed by atoms with van der Waals surface area (Å²) in [7, 11) is 0. The van der Waals surface area contributed by atoms with E-state index >= 15 is 0 Å². The molecule has 122 valence electrons. The van der Waals surface area contributed by atoms with Gasteiger partial charge in [0, 0.05) is 35.8 Å². The topological polar surface area (TPSA) is 49.4 Å². The molecular formula is C20H20N2O2. The van der Waals surface area contributed by atoms with Crippen LogP contribution in [-0.2, 0) is 0 Å². The van der Waals surface area contributed by atoms with Crippen LogP contribution < -0.4 is 5.32 Å². The van der Waals surface area contributed by atoms with Crippen LogP contribution in [0.3, 0.4) is 0 Å². The molecule has 2 aromatic carbocycles. The highest BCUT2D eigenvalue weighted by molar-refractivity contribution is 6.09. The number of rotatable bonds is 4. The summed E-state index contributed by atoms with van der Waals surface area (Å²) in [5.41, 5.74) is 1.87. The lowest BCUT2D eigenvalue weighted by molar-refractivity contribution is 0.0923. The lowest BCUT2D eigenvalue weighted by atomic mass is 9.99. The standard InChI is InChI=1S/C20H20N2O2/c23-19(14-4-2-1-3-5-14)15-6-8-16(9-7-15)20(24)21-18-13-22-11-10-17(18)12-22/h1-9,17-18H,10-13H2,(H,21,24). The van der Waals surface area contributed by atoms with E-state index < -0.39 is 0 Å². The highest BCUT2D eigenvalue weighted by Gasteiger charge is 2.38. The van der Waals surface area contributed by atoms with Gasteiger partial charge in [0.25, 0.3) is 5.91 Å². The molecule has 1 N–H and O–H groups in total. The lowest BCUT2D eigenvalue weighted by Crippen LogP contribution is -2.43. The van der Waals surface area contributed by atoms with Crippen molar-refractivity contribution in [2.75, 3.05) is 19.6 Å². The van der Waals surface area contributed by atoms with Crippen molar-refractivity contribution in [3.63, 3.8) is 0 Å². The first kappa shape index (κ1) is 15.1. The summed E-state index contributed by atoms with van der Waals surface area (Å²) in [5.74, 6) is 0.517. The Balaban J connectivity index is 1.44. The van der Waals surface area contributed by atoms with Gasteiger partial charge in [-0.3, -0.25) is 9.59 Å². The second-order valence-corrected chi connectivity index (χ2v) is 6.66. The summed E-state index contributed by atoms with van der Waals surface area (Å²) in [6, 6.07) is 16.4. The van der Waals surface area contributed by atoms with Gasteiger partial charge in [0.2, 0.25) is 0 Å². The molecule has 2 bridgehead atoms. The Morgan fingerprint density at radius 1 is 0.875 bits per heavy atom. The summed E-state index contributed by atoms with van der Waals surface area (Å²) < 4.78 is 0. The number of carbonyl (C=O) groups excluding carboxylic acids is 2. The highest BCUT2D eigenvalue weighted by Crippen LogP contribution is 2.27. The second-order valence-electron chi connectivity index (χ2n) is 6.66. The van der Waals surface area contributed by atoms with E-state index in [1.807, 2.05) is 18.2 Å². The molecule has 4 nitrogen and oxygen atoms in total. The third-order valence-corrected chi connectivity index (χ3v) is 5.09. The fourth-order valence-electron chi connectivity index (χ4n) is 3.73. The fraction of sp³-hybridized carbons (Fsp3) is 0.300. The molecule has 2 fully saturated rings. The molecule has 4 heteroatoms. The van der Waals surface area contributed by atoms with Gasteiger partial charge in [0.05, 0.1) is 0 Å². The van der Waals surface area contributed by atoms with E-state index in [1.165, 1.54) is 6.42 Å². The summed E-state index contributed by atoms with van der Waals surface area (Å²) in [6.07, 6.45) is 1.18. The minimum atomic E-state index is -0.0486. The summed E-state index contributed by atoms with van der Waals surface area (Å²) in [5, 5.41) is 3.14. The molecule has 2 aliphatic rings. The highest BCUT2D eigenvalue weighted by atomic mass is 16.1. The SMILES string of the molecule is O=C(NC1CN2CCC1C2)c1ccc(C(=O)c2ccccc2)cc1. The van der Waals surface area contributed by atoms with Crippen molar-refractivity contribution >= 4 is 11.7 Å². The molecule has 2 aliphatic heterocycles. The Labute approximate surface area is 141 Å². The van der Waals surface area contributed by atoms with E-state index in [2.05, 4.69) is 10.2 Å². The predicted molar refractivity (Wildman–Crippen MR) is 92.1 cm³/mol. The molecule has 3 unspecified atom stereocenters. The van der Waals surface area contributed by atoms with Crippen molar-refractivity contribution in [3.05, 3.63) is 71.3 Å². The molecular weight excluding hydrogens is 300 g/mol. The van der Waals surface area contributed by atoms with E-state index in [0.717, 1.165) is 19.6 Å². The lowest BCUT2D eigenvalue weighted by Gasteiger charge is -2.23. The van der Waals surface area contributed by atoms with Gasteiger partial charge in [-0.1, -0.05) is 42.5 Å².